The van der Waals surface area contributed by atoms with Gasteiger partial charge in [0.1, 0.15) is 0 Å². The van der Waals surface area contributed by atoms with Gasteiger partial charge in [-0.05, 0) is 30.9 Å². The van der Waals surface area contributed by atoms with Gasteiger partial charge >= 0.3 is 0 Å². The molecule has 1 aliphatic rings. The zero-order valence-corrected chi connectivity index (χ0v) is 14.4. The highest BCUT2D eigenvalue weighted by molar-refractivity contribution is 7.12. The van der Waals surface area contributed by atoms with E-state index in [4.69, 9.17) is 5.73 Å². The molecule has 1 heterocycles. The summed E-state index contributed by atoms with van der Waals surface area (Å²) >= 11 is 1.30. The van der Waals surface area contributed by atoms with Crippen LogP contribution in [0.4, 0.5) is 0 Å². The Morgan fingerprint density at radius 1 is 1.17 bits per heavy atom. The summed E-state index contributed by atoms with van der Waals surface area (Å²) in [6.07, 6.45) is 5.33. The monoisotopic (exact) mass is 342 g/mol. The standard InChI is InChI=1S/C19H22N2O2S/c20-18(22)15-12-17(24-13-15)19(23)21(16-8-4-5-9-16)11-10-14-6-2-1-3-7-14/h1-3,6-7,12-13,16H,4-5,8-11H2,(H2,20,22). The van der Waals surface area contributed by atoms with Crippen molar-refractivity contribution in [1.82, 2.24) is 4.90 Å². The van der Waals surface area contributed by atoms with E-state index in [1.54, 1.807) is 11.4 Å². The van der Waals surface area contributed by atoms with Crippen molar-refractivity contribution in [3.63, 3.8) is 0 Å². The van der Waals surface area contributed by atoms with Crippen LogP contribution in [-0.4, -0.2) is 29.3 Å². The average molecular weight is 342 g/mol. The van der Waals surface area contributed by atoms with Crippen LogP contribution in [0.5, 0.6) is 0 Å². The van der Waals surface area contributed by atoms with E-state index in [0.717, 1.165) is 19.3 Å². The molecule has 5 heteroatoms. The zero-order chi connectivity index (χ0) is 16.9. The van der Waals surface area contributed by atoms with E-state index in [0.29, 0.717) is 23.0 Å². The molecule has 0 aliphatic heterocycles. The van der Waals surface area contributed by atoms with E-state index in [1.165, 1.54) is 29.7 Å². The van der Waals surface area contributed by atoms with Gasteiger partial charge in [0.05, 0.1) is 10.4 Å². The van der Waals surface area contributed by atoms with Crippen LogP contribution in [0.15, 0.2) is 41.8 Å². The molecule has 4 nitrogen and oxygen atoms in total. The highest BCUT2D eigenvalue weighted by atomic mass is 32.1. The quantitative estimate of drug-likeness (QED) is 0.873. The summed E-state index contributed by atoms with van der Waals surface area (Å²) in [5, 5.41) is 1.67. The molecule has 0 atom stereocenters. The molecule has 1 aliphatic carbocycles. The van der Waals surface area contributed by atoms with Gasteiger partial charge in [-0.1, -0.05) is 43.2 Å². The predicted octanol–water partition coefficient (Wildman–Crippen LogP) is 3.47. The Balaban J connectivity index is 1.75. The third kappa shape index (κ3) is 3.85. The van der Waals surface area contributed by atoms with Gasteiger partial charge in [0, 0.05) is 18.0 Å². The van der Waals surface area contributed by atoms with Crippen molar-refractivity contribution in [3.05, 3.63) is 57.8 Å². The van der Waals surface area contributed by atoms with E-state index >= 15 is 0 Å². The first kappa shape index (κ1) is 16.7. The van der Waals surface area contributed by atoms with Crippen LogP contribution in [-0.2, 0) is 6.42 Å². The van der Waals surface area contributed by atoms with Crippen molar-refractivity contribution < 1.29 is 9.59 Å². The number of benzene rings is 1. The Kier molecular flexibility index (Phi) is 5.30. The Bertz CT molecular complexity index is 705. The topological polar surface area (TPSA) is 63.4 Å². The number of carbonyl (C=O) groups is 2. The first-order chi connectivity index (χ1) is 11.6. The average Bonchev–Trinajstić information content (AvgIpc) is 3.28. The fraction of sp³-hybridized carbons (Fsp3) is 0.368. The summed E-state index contributed by atoms with van der Waals surface area (Å²) in [5.41, 5.74) is 6.95. The number of hydrogen-bond acceptors (Lipinski definition) is 3. The molecule has 0 radical (unpaired) electrons. The molecule has 3 rings (SSSR count). The smallest absolute Gasteiger partial charge is 0.264 e. The molecule has 1 saturated carbocycles. The van der Waals surface area contributed by atoms with Crippen LogP contribution in [0.3, 0.4) is 0 Å². The van der Waals surface area contributed by atoms with Crippen molar-refractivity contribution in [1.29, 1.82) is 0 Å². The van der Waals surface area contributed by atoms with Gasteiger partial charge in [-0.2, -0.15) is 0 Å². The number of primary amides is 1. The molecule has 2 amide bonds. The van der Waals surface area contributed by atoms with Crippen LogP contribution in [0.1, 0.15) is 51.3 Å². The molecule has 126 valence electrons. The molecule has 0 unspecified atom stereocenters. The molecular formula is C19H22N2O2S. The van der Waals surface area contributed by atoms with Crippen LogP contribution < -0.4 is 5.73 Å². The van der Waals surface area contributed by atoms with E-state index in [-0.39, 0.29) is 5.91 Å². The lowest BCUT2D eigenvalue weighted by Crippen LogP contribution is -2.40. The minimum Gasteiger partial charge on any atom is -0.366 e. The Morgan fingerprint density at radius 3 is 2.50 bits per heavy atom. The van der Waals surface area contributed by atoms with Gasteiger partial charge in [-0.25, -0.2) is 0 Å². The minimum absolute atomic E-state index is 0.0235. The van der Waals surface area contributed by atoms with Gasteiger partial charge in [0.25, 0.3) is 5.91 Å². The normalized spacial score (nSPS) is 14.7. The van der Waals surface area contributed by atoms with Gasteiger partial charge in [-0.15, -0.1) is 11.3 Å². The van der Waals surface area contributed by atoms with Gasteiger partial charge in [0.15, 0.2) is 0 Å². The van der Waals surface area contributed by atoms with Crippen molar-refractivity contribution in [2.75, 3.05) is 6.54 Å². The lowest BCUT2D eigenvalue weighted by Gasteiger charge is -2.28. The summed E-state index contributed by atoms with van der Waals surface area (Å²) in [4.78, 5) is 26.8. The van der Waals surface area contributed by atoms with Crippen LogP contribution in [0, 0.1) is 0 Å². The maximum absolute atomic E-state index is 13.0. The largest absolute Gasteiger partial charge is 0.366 e. The van der Waals surface area contributed by atoms with Crippen LogP contribution >= 0.6 is 11.3 Å². The summed E-state index contributed by atoms with van der Waals surface area (Å²) < 4.78 is 0. The Morgan fingerprint density at radius 2 is 1.88 bits per heavy atom. The molecular weight excluding hydrogens is 320 g/mol. The summed E-state index contributed by atoms with van der Waals surface area (Å²) in [7, 11) is 0. The number of nitrogens with zero attached hydrogens (tertiary/aromatic N) is 1. The van der Waals surface area contributed by atoms with Crippen LogP contribution in [0.25, 0.3) is 0 Å². The van der Waals surface area contributed by atoms with Crippen molar-refractivity contribution in [2.24, 2.45) is 5.73 Å². The third-order valence-electron chi connectivity index (χ3n) is 4.61. The molecule has 2 aromatic rings. The second kappa shape index (κ2) is 7.62. The first-order valence-corrected chi connectivity index (χ1v) is 9.26. The third-order valence-corrected chi connectivity index (χ3v) is 5.52. The second-order valence-corrected chi connectivity index (χ2v) is 7.15. The fourth-order valence-corrected chi connectivity index (χ4v) is 4.13. The van der Waals surface area contributed by atoms with E-state index in [1.807, 2.05) is 23.1 Å². The maximum Gasteiger partial charge on any atom is 0.264 e. The lowest BCUT2D eigenvalue weighted by molar-refractivity contribution is 0.0689. The molecule has 2 N–H and O–H groups in total. The van der Waals surface area contributed by atoms with Gasteiger partial charge < -0.3 is 10.6 Å². The lowest BCUT2D eigenvalue weighted by atomic mass is 10.1. The molecule has 24 heavy (non-hydrogen) atoms. The molecule has 1 aromatic carbocycles. The second-order valence-electron chi connectivity index (χ2n) is 6.24. The maximum atomic E-state index is 13.0. The zero-order valence-electron chi connectivity index (χ0n) is 13.6. The number of rotatable bonds is 6. The fourth-order valence-electron chi connectivity index (χ4n) is 3.28. The van der Waals surface area contributed by atoms with E-state index in [9.17, 15) is 9.59 Å². The summed E-state index contributed by atoms with van der Waals surface area (Å²) in [5.74, 6) is -0.461. The highest BCUT2D eigenvalue weighted by Gasteiger charge is 2.28. The number of amides is 2. The SMILES string of the molecule is NC(=O)c1csc(C(=O)N(CCc2ccccc2)C2CCCC2)c1. The molecule has 0 bridgehead atoms. The first-order valence-electron chi connectivity index (χ1n) is 8.38. The van der Waals surface area contributed by atoms with Gasteiger partial charge in [0.2, 0.25) is 5.91 Å². The van der Waals surface area contributed by atoms with Crippen molar-refractivity contribution in [3.8, 4) is 0 Å². The van der Waals surface area contributed by atoms with E-state index in [2.05, 4.69) is 12.1 Å². The van der Waals surface area contributed by atoms with Crippen molar-refractivity contribution >= 4 is 23.2 Å². The Hall–Kier alpha value is -2.14. The summed E-state index contributed by atoms with van der Waals surface area (Å²) in [6.45, 7) is 0.706. The molecule has 1 fully saturated rings. The van der Waals surface area contributed by atoms with E-state index < -0.39 is 5.91 Å². The summed E-state index contributed by atoms with van der Waals surface area (Å²) in [6, 6.07) is 12.2. The minimum atomic E-state index is -0.484. The highest BCUT2D eigenvalue weighted by Crippen LogP contribution is 2.27. The molecule has 0 spiro atoms. The van der Waals surface area contributed by atoms with Gasteiger partial charge in [-0.3, -0.25) is 9.59 Å². The predicted molar refractivity (Wildman–Crippen MR) is 96.3 cm³/mol. The number of hydrogen-bond donors (Lipinski definition) is 1. The number of thiophene rings is 1. The molecule has 0 saturated heterocycles. The van der Waals surface area contributed by atoms with Crippen LogP contribution in [0.2, 0.25) is 0 Å². The van der Waals surface area contributed by atoms with Crippen molar-refractivity contribution in [2.45, 2.75) is 38.1 Å². The molecule has 1 aromatic heterocycles. The number of nitrogens with two attached hydrogens (primary N) is 1. The Labute approximate surface area is 146 Å². The number of carbonyl (C=O) groups excluding carboxylic acids is 2.